The van der Waals surface area contributed by atoms with Crippen molar-refractivity contribution in [1.82, 2.24) is 10.6 Å². The van der Waals surface area contributed by atoms with E-state index in [9.17, 15) is 14.7 Å². The Morgan fingerprint density at radius 2 is 1.95 bits per heavy atom. The van der Waals surface area contributed by atoms with Gasteiger partial charge in [-0.1, -0.05) is 20.8 Å². The molecule has 3 unspecified atom stereocenters. The normalized spacial score (nSPS) is 28.9. The molecule has 0 aromatic rings. The summed E-state index contributed by atoms with van der Waals surface area (Å²) in [5.74, 6) is -0.817. The quantitative estimate of drug-likeness (QED) is 0.648. The van der Waals surface area contributed by atoms with Crippen LogP contribution in [0.15, 0.2) is 0 Å². The van der Waals surface area contributed by atoms with Gasteiger partial charge < -0.3 is 15.7 Å². The first-order chi connectivity index (χ1) is 9.30. The van der Waals surface area contributed by atoms with Gasteiger partial charge in [0.15, 0.2) is 0 Å². The Hall–Kier alpha value is -1.10. The van der Waals surface area contributed by atoms with Crippen molar-refractivity contribution in [3.05, 3.63) is 0 Å². The predicted octanol–water partition coefficient (Wildman–Crippen LogP) is 1.63. The van der Waals surface area contributed by atoms with Gasteiger partial charge in [0.05, 0.1) is 5.92 Å². The zero-order valence-corrected chi connectivity index (χ0v) is 13.0. The number of carbonyl (C=O) groups excluding carboxylic acids is 1. The molecular formula is C15H28N2O3. The number of nitrogens with one attached hydrogen (secondary N) is 2. The Morgan fingerprint density at radius 1 is 1.30 bits per heavy atom. The summed E-state index contributed by atoms with van der Waals surface area (Å²) in [5.41, 5.74) is -0.299. The zero-order valence-electron chi connectivity index (χ0n) is 13.0. The van der Waals surface area contributed by atoms with Crippen LogP contribution in [-0.2, 0) is 9.59 Å². The average Bonchev–Trinajstić information content (AvgIpc) is 2.35. The highest BCUT2D eigenvalue weighted by Gasteiger charge is 2.46. The maximum absolute atomic E-state index is 11.9. The van der Waals surface area contributed by atoms with Gasteiger partial charge in [-0.2, -0.15) is 0 Å². The molecule has 1 aliphatic carbocycles. The summed E-state index contributed by atoms with van der Waals surface area (Å²) < 4.78 is 0. The minimum Gasteiger partial charge on any atom is -0.481 e. The SMILES string of the molecule is CNCCCC(=O)NC1CCC(C(=O)O)C(C)(C)C1C. The Morgan fingerprint density at radius 3 is 2.50 bits per heavy atom. The fraction of sp³-hybridized carbons (Fsp3) is 0.867. The highest BCUT2D eigenvalue weighted by Crippen LogP contribution is 2.45. The molecular weight excluding hydrogens is 256 g/mol. The lowest BCUT2D eigenvalue weighted by molar-refractivity contribution is -0.150. The lowest BCUT2D eigenvalue weighted by atomic mass is 9.61. The highest BCUT2D eigenvalue weighted by atomic mass is 16.4. The third-order valence-corrected chi connectivity index (χ3v) is 4.92. The van der Waals surface area contributed by atoms with E-state index >= 15 is 0 Å². The zero-order chi connectivity index (χ0) is 15.3. The van der Waals surface area contributed by atoms with Crippen molar-refractivity contribution >= 4 is 11.9 Å². The number of aliphatic carboxylic acids is 1. The fourth-order valence-electron chi connectivity index (χ4n) is 3.15. The topological polar surface area (TPSA) is 78.4 Å². The first-order valence-electron chi connectivity index (χ1n) is 7.47. The first kappa shape index (κ1) is 17.0. The molecule has 0 bridgehead atoms. The standard InChI is InChI=1S/C15H28N2O3/c1-10-12(17-13(18)6-5-9-16-4)8-7-11(14(19)20)15(10,2)3/h10-12,16H,5-9H2,1-4H3,(H,17,18)(H,19,20). The van der Waals surface area contributed by atoms with Crippen molar-refractivity contribution in [3.63, 3.8) is 0 Å². The third kappa shape index (κ3) is 3.95. The maximum atomic E-state index is 11.9. The highest BCUT2D eigenvalue weighted by molar-refractivity contribution is 5.76. The summed E-state index contributed by atoms with van der Waals surface area (Å²) in [6, 6.07) is 0.0858. The first-order valence-corrected chi connectivity index (χ1v) is 7.47. The van der Waals surface area contributed by atoms with Crippen LogP contribution in [0.25, 0.3) is 0 Å². The summed E-state index contributed by atoms with van der Waals surface area (Å²) in [5, 5.41) is 15.4. The molecule has 1 rings (SSSR count). The number of rotatable bonds is 6. The second-order valence-corrected chi connectivity index (χ2v) is 6.46. The summed E-state index contributed by atoms with van der Waals surface area (Å²) in [6.45, 7) is 6.87. The van der Waals surface area contributed by atoms with E-state index in [2.05, 4.69) is 10.6 Å². The van der Waals surface area contributed by atoms with Crippen molar-refractivity contribution in [3.8, 4) is 0 Å². The van der Waals surface area contributed by atoms with Gasteiger partial charge in [-0.05, 0) is 44.2 Å². The molecule has 0 aromatic heterocycles. The van der Waals surface area contributed by atoms with Gasteiger partial charge in [-0.3, -0.25) is 9.59 Å². The van der Waals surface area contributed by atoms with Crippen molar-refractivity contribution in [2.45, 2.75) is 52.5 Å². The number of hydrogen-bond acceptors (Lipinski definition) is 3. The van der Waals surface area contributed by atoms with Gasteiger partial charge in [-0.25, -0.2) is 0 Å². The Labute approximate surface area is 121 Å². The molecule has 20 heavy (non-hydrogen) atoms. The molecule has 0 saturated heterocycles. The van der Waals surface area contributed by atoms with Crippen LogP contribution in [0.4, 0.5) is 0 Å². The molecule has 0 spiro atoms. The molecule has 0 aliphatic heterocycles. The van der Waals surface area contributed by atoms with Crippen LogP contribution in [0.1, 0.15) is 46.5 Å². The second-order valence-electron chi connectivity index (χ2n) is 6.46. The molecule has 5 heteroatoms. The van der Waals surface area contributed by atoms with E-state index in [4.69, 9.17) is 0 Å². The van der Waals surface area contributed by atoms with Crippen molar-refractivity contribution in [2.24, 2.45) is 17.3 Å². The van der Waals surface area contributed by atoms with Gasteiger partial charge in [0.1, 0.15) is 0 Å². The third-order valence-electron chi connectivity index (χ3n) is 4.92. The summed E-state index contributed by atoms with van der Waals surface area (Å²) in [4.78, 5) is 23.2. The van der Waals surface area contributed by atoms with Crippen LogP contribution in [0.3, 0.4) is 0 Å². The molecule has 0 radical (unpaired) electrons. The van der Waals surface area contributed by atoms with Crippen LogP contribution in [0.2, 0.25) is 0 Å². The minimum absolute atomic E-state index is 0.0710. The van der Waals surface area contributed by atoms with Crippen LogP contribution in [0.5, 0.6) is 0 Å². The number of carbonyl (C=O) groups is 2. The molecule has 116 valence electrons. The minimum atomic E-state index is -0.722. The van der Waals surface area contributed by atoms with Crippen LogP contribution < -0.4 is 10.6 Å². The number of amides is 1. The Kier molecular flexibility index (Phi) is 5.99. The number of carboxylic acid groups (broad SMARTS) is 1. The van der Waals surface area contributed by atoms with Gasteiger partial charge >= 0.3 is 5.97 Å². The van der Waals surface area contributed by atoms with E-state index in [0.29, 0.717) is 12.8 Å². The van der Waals surface area contributed by atoms with Crippen LogP contribution in [-0.4, -0.2) is 36.6 Å². The molecule has 1 fully saturated rings. The van der Waals surface area contributed by atoms with E-state index in [1.165, 1.54) is 0 Å². The number of carboxylic acids is 1. The summed E-state index contributed by atoms with van der Waals surface area (Å²) in [6.07, 6.45) is 2.73. The maximum Gasteiger partial charge on any atom is 0.307 e. The molecule has 1 aliphatic rings. The van der Waals surface area contributed by atoms with E-state index in [0.717, 1.165) is 19.4 Å². The van der Waals surface area contributed by atoms with Gasteiger partial charge in [0.2, 0.25) is 5.91 Å². The van der Waals surface area contributed by atoms with Crippen molar-refractivity contribution in [2.75, 3.05) is 13.6 Å². The number of hydrogen-bond donors (Lipinski definition) is 3. The van der Waals surface area contributed by atoms with E-state index in [-0.39, 0.29) is 29.2 Å². The summed E-state index contributed by atoms with van der Waals surface area (Å²) in [7, 11) is 1.87. The molecule has 0 heterocycles. The van der Waals surface area contributed by atoms with Crippen LogP contribution >= 0.6 is 0 Å². The van der Waals surface area contributed by atoms with E-state index < -0.39 is 5.97 Å². The molecule has 0 aromatic carbocycles. The predicted molar refractivity (Wildman–Crippen MR) is 78.4 cm³/mol. The lowest BCUT2D eigenvalue weighted by Crippen LogP contribution is -2.52. The largest absolute Gasteiger partial charge is 0.481 e. The second kappa shape index (κ2) is 7.07. The monoisotopic (exact) mass is 284 g/mol. The molecule has 1 amide bonds. The molecule has 3 atom stereocenters. The molecule has 5 nitrogen and oxygen atoms in total. The fourth-order valence-corrected chi connectivity index (χ4v) is 3.15. The van der Waals surface area contributed by atoms with Gasteiger partial charge in [-0.15, -0.1) is 0 Å². The smallest absolute Gasteiger partial charge is 0.307 e. The Bertz CT molecular complexity index is 355. The molecule has 1 saturated carbocycles. The lowest BCUT2D eigenvalue weighted by Gasteiger charge is -2.46. The summed E-state index contributed by atoms with van der Waals surface area (Å²) >= 11 is 0. The molecule has 3 N–H and O–H groups in total. The van der Waals surface area contributed by atoms with E-state index in [1.807, 2.05) is 27.8 Å². The van der Waals surface area contributed by atoms with Crippen molar-refractivity contribution < 1.29 is 14.7 Å². The Balaban J connectivity index is 2.57. The van der Waals surface area contributed by atoms with E-state index in [1.54, 1.807) is 0 Å². The van der Waals surface area contributed by atoms with Gasteiger partial charge in [0, 0.05) is 12.5 Å². The average molecular weight is 284 g/mol. The van der Waals surface area contributed by atoms with Crippen molar-refractivity contribution in [1.29, 1.82) is 0 Å². The van der Waals surface area contributed by atoms with Crippen LogP contribution in [0, 0.1) is 17.3 Å². The van der Waals surface area contributed by atoms with Gasteiger partial charge in [0.25, 0.3) is 0 Å².